The van der Waals surface area contributed by atoms with Crippen LogP contribution in [0.3, 0.4) is 0 Å². The van der Waals surface area contributed by atoms with E-state index >= 15 is 0 Å². The zero-order chi connectivity index (χ0) is 12.5. The molecule has 1 unspecified atom stereocenters. The molecule has 0 saturated carbocycles. The molecule has 0 aliphatic carbocycles. The van der Waals surface area contributed by atoms with Crippen molar-refractivity contribution in [3.8, 4) is 0 Å². The first-order chi connectivity index (χ1) is 7.23. The van der Waals surface area contributed by atoms with Crippen molar-refractivity contribution in [1.82, 2.24) is 0 Å². The Kier molecular flexibility index (Phi) is 3.62. The number of hydrogen-bond acceptors (Lipinski definition) is 1. The van der Waals surface area contributed by atoms with Crippen LogP contribution >= 0.6 is 15.9 Å². The fourth-order valence-corrected chi connectivity index (χ4v) is 1.64. The molecular weight excluding hydrogens is 289 g/mol. The van der Waals surface area contributed by atoms with Gasteiger partial charge in [0.25, 0.3) is 0 Å². The first-order valence-electron chi connectivity index (χ1n) is 4.33. The zero-order valence-electron chi connectivity index (χ0n) is 8.18. The van der Waals surface area contributed by atoms with Crippen LogP contribution < -0.4 is 0 Å². The van der Waals surface area contributed by atoms with Gasteiger partial charge in [-0.05, 0) is 24.6 Å². The van der Waals surface area contributed by atoms with Crippen LogP contribution in [0.1, 0.15) is 24.0 Å². The lowest BCUT2D eigenvalue weighted by molar-refractivity contribution is -0.140. The molecule has 1 aromatic rings. The van der Waals surface area contributed by atoms with E-state index in [-0.39, 0.29) is 10.0 Å². The fourth-order valence-electron chi connectivity index (χ4n) is 1.17. The van der Waals surface area contributed by atoms with Crippen molar-refractivity contribution in [2.45, 2.75) is 19.0 Å². The minimum atomic E-state index is -4.49. The molecule has 0 amide bonds. The summed E-state index contributed by atoms with van der Waals surface area (Å²) in [7, 11) is 0. The molecule has 0 fully saturated rings. The zero-order valence-corrected chi connectivity index (χ0v) is 9.76. The van der Waals surface area contributed by atoms with Gasteiger partial charge < -0.3 is 5.11 Å². The minimum absolute atomic E-state index is 0.0960. The molecule has 1 N–H and O–H groups in total. The molecule has 88 valence electrons. The smallest absolute Gasteiger partial charge is 0.417 e. The Morgan fingerprint density at radius 2 is 2.00 bits per heavy atom. The third-order valence-corrected chi connectivity index (χ3v) is 2.86. The largest absolute Gasteiger partial charge is 0.481 e. The number of carboxylic acids is 1. The average molecular weight is 297 g/mol. The van der Waals surface area contributed by atoms with Gasteiger partial charge in [-0.1, -0.05) is 22.0 Å². The lowest BCUT2D eigenvalue weighted by Crippen LogP contribution is -2.11. The normalized spacial score (nSPS) is 13.6. The monoisotopic (exact) mass is 296 g/mol. The summed E-state index contributed by atoms with van der Waals surface area (Å²) in [6.07, 6.45) is -4.49. The number of carbonyl (C=O) groups is 1. The summed E-state index contributed by atoms with van der Waals surface area (Å²) in [5.41, 5.74) is -0.735. The van der Waals surface area contributed by atoms with Crippen LogP contribution in [-0.4, -0.2) is 11.1 Å². The van der Waals surface area contributed by atoms with Crippen LogP contribution in [0.5, 0.6) is 0 Å². The van der Waals surface area contributed by atoms with Crippen molar-refractivity contribution < 1.29 is 23.1 Å². The number of alkyl halides is 3. The summed E-state index contributed by atoms with van der Waals surface area (Å²) < 4.78 is 37.5. The highest BCUT2D eigenvalue weighted by molar-refractivity contribution is 9.10. The van der Waals surface area contributed by atoms with Gasteiger partial charge in [0.2, 0.25) is 0 Å². The SMILES string of the molecule is CC(C(=O)O)c1ccc(Br)c(C(F)(F)F)c1. The predicted octanol–water partition coefficient (Wildman–Crippen LogP) is 3.66. The van der Waals surface area contributed by atoms with Crippen molar-refractivity contribution in [1.29, 1.82) is 0 Å². The van der Waals surface area contributed by atoms with Gasteiger partial charge in [0.1, 0.15) is 0 Å². The van der Waals surface area contributed by atoms with Crippen LogP contribution in [0.25, 0.3) is 0 Å². The highest BCUT2D eigenvalue weighted by atomic mass is 79.9. The van der Waals surface area contributed by atoms with Crippen LogP contribution in [0.2, 0.25) is 0 Å². The van der Waals surface area contributed by atoms with Crippen molar-refractivity contribution in [3.63, 3.8) is 0 Å². The van der Waals surface area contributed by atoms with E-state index < -0.39 is 23.6 Å². The van der Waals surface area contributed by atoms with Gasteiger partial charge in [-0.25, -0.2) is 0 Å². The number of benzene rings is 1. The molecule has 6 heteroatoms. The van der Waals surface area contributed by atoms with E-state index in [0.29, 0.717) is 0 Å². The molecule has 0 radical (unpaired) electrons. The van der Waals surface area contributed by atoms with Gasteiger partial charge in [0.15, 0.2) is 0 Å². The van der Waals surface area contributed by atoms with Gasteiger partial charge in [0.05, 0.1) is 11.5 Å². The molecule has 0 spiro atoms. The van der Waals surface area contributed by atoms with Gasteiger partial charge in [-0.3, -0.25) is 4.79 Å². The molecule has 1 atom stereocenters. The highest BCUT2D eigenvalue weighted by Crippen LogP contribution is 2.36. The van der Waals surface area contributed by atoms with Crippen LogP contribution in [0.4, 0.5) is 13.2 Å². The van der Waals surface area contributed by atoms with Gasteiger partial charge in [0, 0.05) is 4.47 Å². The van der Waals surface area contributed by atoms with Crippen molar-refractivity contribution in [2.75, 3.05) is 0 Å². The Hall–Kier alpha value is -1.04. The third-order valence-electron chi connectivity index (χ3n) is 2.17. The van der Waals surface area contributed by atoms with E-state index in [1.807, 2.05) is 0 Å². The van der Waals surface area contributed by atoms with Crippen molar-refractivity contribution >= 4 is 21.9 Å². The van der Waals surface area contributed by atoms with Gasteiger partial charge in [-0.2, -0.15) is 13.2 Å². The molecule has 0 aliphatic rings. The number of hydrogen-bond donors (Lipinski definition) is 1. The second kappa shape index (κ2) is 4.45. The summed E-state index contributed by atoms with van der Waals surface area (Å²) >= 11 is 2.78. The number of halogens is 4. The van der Waals surface area contributed by atoms with Crippen molar-refractivity contribution in [3.05, 3.63) is 33.8 Å². The number of carboxylic acid groups (broad SMARTS) is 1. The molecular formula is C10H8BrF3O2. The first kappa shape index (κ1) is 13.0. The standard InChI is InChI=1S/C10H8BrF3O2/c1-5(9(15)16)6-2-3-8(11)7(4-6)10(12,13)14/h2-5H,1H3,(H,15,16). The molecule has 16 heavy (non-hydrogen) atoms. The summed E-state index contributed by atoms with van der Waals surface area (Å²) in [6, 6.07) is 3.42. The average Bonchev–Trinajstić information content (AvgIpc) is 2.15. The maximum Gasteiger partial charge on any atom is 0.417 e. The molecule has 0 aliphatic heterocycles. The van der Waals surface area contributed by atoms with Gasteiger partial charge >= 0.3 is 12.1 Å². The van der Waals surface area contributed by atoms with Crippen LogP contribution in [-0.2, 0) is 11.0 Å². The number of aliphatic carboxylic acids is 1. The maximum atomic E-state index is 12.5. The fraction of sp³-hybridized carbons (Fsp3) is 0.300. The van der Waals surface area contributed by atoms with E-state index in [9.17, 15) is 18.0 Å². The van der Waals surface area contributed by atoms with Crippen LogP contribution in [0.15, 0.2) is 22.7 Å². The lowest BCUT2D eigenvalue weighted by atomic mass is 9.99. The second-order valence-corrected chi connectivity index (χ2v) is 4.15. The lowest BCUT2D eigenvalue weighted by Gasteiger charge is -2.13. The van der Waals surface area contributed by atoms with Gasteiger partial charge in [-0.15, -0.1) is 0 Å². The Morgan fingerprint density at radius 3 is 2.44 bits per heavy atom. The summed E-state index contributed by atoms with van der Waals surface area (Å²) in [4.78, 5) is 10.7. The Morgan fingerprint density at radius 1 is 1.44 bits per heavy atom. The molecule has 0 heterocycles. The minimum Gasteiger partial charge on any atom is -0.481 e. The first-order valence-corrected chi connectivity index (χ1v) is 5.12. The summed E-state index contributed by atoms with van der Waals surface area (Å²) in [5.74, 6) is -2.12. The van der Waals surface area contributed by atoms with E-state index in [0.717, 1.165) is 6.07 Å². The number of rotatable bonds is 2. The Bertz CT molecular complexity index is 415. The molecule has 0 bridgehead atoms. The molecule has 1 aromatic carbocycles. The Labute approximate surface area is 98.2 Å². The third kappa shape index (κ3) is 2.75. The molecule has 2 nitrogen and oxygen atoms in total. The summed E-state index contributed by atoms with van der Waals surface area (Å²) in [5, 5.41) is 8.71. The quantitative estimate of drug-likeness (QED) is 0.904. The van der Waals surface area contributed by atoms with E-state index in [1.54, 1.807) is 0 Å². The second-order valence-electron chi connectivity index (χ2n) is 3.30. The highest BCUT2D eigenvalue weighted by Gasteiger charge is 2.33. The van der Waals surface area contributed by atoms with E-state index in [2.05, 4.69) is 15.9 Å². The summed E-state index contributed by atoms with van der Waals surface area (Å²) in [6.45, 7) is 1.34. The van der Waals surface area contributed by atoms with E-state index in [4.69, 9.17) is 5.11 Å². The van der Waals surface area contributed by atoms with E-state index in [1.165, 1.54) is 19.1 Å². The van der Waals surface area contributed by atoms with Crippen molar-refractivity contribution in [2.24, 2.45) is 0 Å². The van der Waals surface area contributed by atoms with Crippen LogP contribution in [0, 0.1) is 0 Å². The molecule has 0 saturated heterocycles. The molecule has 0 aromatic heterocycles. The Balaban J connectivity index is 3.23. The maximum absolute atomic E-state index is 12.5. The molecule has 1 rings (SSSR count). The topological polar surface area (TPSA) is 37.3 Å². The predicted molar refractivity (Wildman–Crippen MR) is 55.2 cm³/mol.